The maximum Gasteiger partial charge on any atom is 0.326 e. The van der Waals surface area contributed by atoms with Crippen molar-refractivity contribution in [1.82, 2.24) is 55.9 Å². The molecule has 0 saturated carbocycles. The number of methoxy groups -OCH3 is 2. The molecule has 0 spiro atoms. The van der Waals surface area contributed by atoms with Crippen LogP contribution < -0.4 is 26.2 Å². The molecule has 4 heterocycles. The highest BCUT2D eigenvalue weighted by Crippen LogP contribution is 2.42. The van der Waals surface area contributed by atoms with Crippen LogP contribution in [0.1, 0.15) is 117 Å². The molecule has 2 aliphatic rings. The van der Waals surface area contributed by atoms with Crippen molar-refractivity contribution >= 4 is 58.9 Å². The van der Waals surface area contributed by atoms with Gasteiger partial charge in [-0.3, -0.25) is 43.3 Å². The summed E-state index contributed by atoms with van der Waals surface area (Å²) in [4.78, 5) is 133. The number of pyridine rings is 1. The van der Waals surface area contributed by atoms with E-state index in [4.69, 9.17) is 47.4 Å². The van der Waals surface area contributed by atoms with Crippen molar-refractivity contribution < 1.29 is 95.6 Å². The highest BCUT2D eigenvalue weighted by Gasteiger charge is 2.44. The number of carboxylic acid groups (broad SMARTS) is 1. The first-order chi connectivity index (χ1) is 57.5. The predicted octanol–water partition coefficient (Wildman–Crippen LogP) is 6.38. The maximum absolute atomic E-state index is 14.8. The average molecular weight is 1660 g/mol. The Morgan fingerprint density at radius 3 is 1.72 bits per heavy atom. The standard InChI is InChI=1S/C87H128N12O20/c1-12-62(6)81(72(110-10)58-77(104)97-39-20-27-71(97)83(111-11)63(7)84(105)91-69(87(108)109)57-65-21-14-13-15-22-65)96(9)86(107)78(60(2)3)92-85(106)80(61(4)5)95(8)75(102)34-41-112-45-49-116-53-54-117-51-47-114-43-38-90-74(101)30-31-76(103)98-59-66-23-16-17-24-67(66)79-82(68-25-18-19-26-70(68)98)99(94-93-79)40-44-115-48-52-119-56-55-118-50-46-113-42-37-89-73(100)29-28-64-32-35-88-36-33-64/h13-19,21-26,32-33,35-36,60-63,69,71-72,78,80-81,83H,12,20,27-31,34,37-59H2,1-11H3,(H,89,100)(H,90,101)(H,91,105)(H,92,106)(H,108,109)/t62-,63+,69-,71-,72+,78-,80-,81-,83+/m0/s1. The van der Waals surface area contributed by atoms with E-state index in [9.17, 15) is 48.3 Å². The zero-order valence-electron chi connectivity index (χ0n) is 71.4. The smallest absolute Gasteiger partial charge is 0.326 e. The molecule has 0 bridgehead atoms. The minimum Gasteiger partial charge on any atom is -0.480 e. The third-order valence-electron chi connectivity index (χ3n) is 21.4. The summed E-state index contributed by atoms with van der Waals surface area (Å²) < 4.78 is 59.4. The van der Waals surface area contributed by atoms with Gasteiger partial charge in [-0.25, -0.2) is 9.48 Å². The molecule has 119 heavy (non-hydrogen) atoms. The first-order valence-electron chi connectivity index (χ1n) is 41.7. The first-order valence-corrected chi connectivity index (χ1v) is 41.7. The van der Waals surface area contributed by atoms with Gasteiger partial charge in [0.1, 0.15) is 23.8 Å². The lowest BCUT2D eigenvalue weighted by Gasteiger charge is -2.41. The number of anilines is 1. The molecule has 2 aromatic heterocycles. The summed E-state index contributed by atoms with van der Waals surface area (Å²) in [6, 6.07) is 24.0. The zero-order valence-corrected chi connectivity index (χ0v) is 71.4. The summed E-state index contributed by atoms with van der Waals surface area (Å²) in [7, 11) is 6.18. The van der Waals surface area contributed by atoms with E-state index in [1.54, 1.807) is 77.1 Å². The first kappa shape index (κ1) is 96.9. The van der Waals surface area contributed by atoms with Crippen LogP contribution in [0.25, 0.3) is 22.5 Å². The molecule has 7 rings (SSSR count). The summed E-state index contributed by atoms with van der Waals surface area (Å²) in [5.41, 5.74) is 6.42. The topological polar surface area (TPSA) is 371 Å². The molecule has 656 valence electrons. The Morgan fingerprint density at radius 2 is 1.14 bits per heavy atom. The number of likely N-dealkylation sites (tertiary alicyclic amines) is 1. The fraction of sp³-hybridized carbons (Fsp3) is 0.609. The Hall–Kier alpha value is -9.22. The Bertz CT molecular complexity index is 3910. The van der Waals surface area contributed by atoms with Gasteiger partial charge in [-0.2, -0.15) is 0 Å². The third kappa shape index (κ3) is 31.1. The number of carbonyl (C=O) groups excluding carboxylic acids is 8. The van der Waals surface area contributed by atoms with E-state index >= 15 is 0 Å². The van der Waals surface area contributed by atoms with Crippen LogP contribution in [0.4, 0.5) is 5.69 Å². The molecule has 1 fully saturated rings. The monoisotopic (exact) mass is 1660 g/mol. The number of aliphatic carboxylic acids is 1. The number of aryl methyl sites for hydroxylation is 1. The van der Waals surface area contributed by atoms with Gasteiger partial charge < -0.3 is 93.3 Å². The lowest BCUT2D eigenvalue weighted by Crippen LogP contribution is -2.60. The Balaban J connectivity index is 0.739. The van der Waals surface area contributed by atoms with Crippen LogP contribution in [0.2, 0.25) is 0 Å². The number of hydrogen-bond donors (Lipinski definition) is 5. The quantitative estimate of drug-likeness (QED) is 0.0264. The second-order valence-corrected chi connectivity index (χ2v) is 30.5. The number of rotatable bonds is 57. The van der Waals surface area contributed by atoms with E-state index in [1.807, 2.05) is 108 Å². The summed E-state index contributed by atoms with van der Waals surface area (Å²) >= 11 is 0. The van der Waals surface area contributed by atoms with Gasteiger partial charge in [-0.15, -0.1) is 5.10 Å². The van der Waals surface area contributed by atoms with E-state index in [2.05, 4.69) is 36.6 Å². The van der Waals surface area contributed by atoms with E-state index in [0.29, 0.717) is 123 Å². The zero-order chi connectivity index (χ0) is 86.0. The number of para-hydroxylation sites is 1. The van der Waals surface area contributed by atoms with Gasteiger partial charge in [0.15, 0.2) is 0 Å². The van der Waals surface area contributed by atoms with Gasteiger partial charge >= 0.3 is 5.97 Å². The number of nitrogens with one attached hydrogen (secondary N) is 4. The van der Waals surface area contributed by atoms with Crippen LogP contribution in [-0.2, 0) is 116 Å². The molecular weight excluding hydrogens is 1530 g/mol. The molecule has 32 heteroatoms. The highest BCUT2D eigenvalue weighted by molar-refractivity contribution is 6.01. The van der Waals surface area contributed by atoms with Gasteiger partial charge in [0.05, 0.1) is 173 Å². The molecule has 3 aromatic carbocycles. The minimum atomic E-state index is -1.18. The Morgan fingerprint density at radius 1 is 0.580 bits per heavy atom. The van der Waals surface area contributed by atoms with Crippen LogP contribution in [0.5, 0.6) is 0 Å². The molecule has 5 N–H and O–H groups in total. The second-order valence-electron chi connectivity index (χ2n) is 30.5. The average Bonchev–Trinajstić information content (AvgIpc) is 1.71. The second kappa shape index (κ2) is 52.7. The van der Waals surface area contributed by atoms with Crippen molar-refractivity contribution in [3.63, 3.8) is 0 Å². The molecule has 32 nitrogen and oxygen atoms in total. The number of nitrogens with zero attached hydrogens (tertiary/aromatic N) is 8. The van der Waals surface area contributed by atoms with Gasteiger partial charge in [0.25, 0.3) is 0 Å². The number of hydrogen-bond acceptors (Lipinski definition) is 22. The predicted molar refractivity (Wildman–Crippen MR) is 445 cm³/mol. The lowest BCUT2D eigenvalue weighted by molar-refractivity contribution is -0.149. The number of fused-ring (bicyclic) bond motifs is 5. The van der Waals surface area contributed by atoms with E-state index in [-0.39, 0.29) is 145 Å². The van der Waals surface area contributed by atoms with Gasteiger partial charge in [-0.05, 0) is 71.9 Å². The number of likely N-dealkylation sites (N-methyl/N-ethyl adjacent to an activating group) is 2. The number of amides is 8. The van der Waals surface area contributed by atoms with Gasteiger partial charge in [0, 0.05) is 97.2 Å². The van der Waals surface area contributed by atoms with Gasteiger partial charge in [-0.1, -0.05) is 133 Å². The fourth-order valence-electron chi connectivity index (χ4n) is 14.8. The number of aromatic nitrogens is 4. The highest BCUT2D eigenvalue weighted by atomic mass is 16.6. The third-order valence-corrected chi connectivity index (χ3v) is 21.4. The summed E-state index contributed by atoms with van der Waals surface area (Å²) in [5, 5.41) is 30.6. The van der Waals surface area contributed by atoms with Crippen molar-refractivity contribution in [2.75, 3.05) is 159 Å². The summed E-state index contributed by atoms with van der Waals surface area (Å²) in [5.74, 6) is -5.39. The normalized spacial score (nSPS) is 15.2. The van der Waals surface area contributed by atoms with Crippen molar-refractivity contribution in [3.05, 3.63) is 120 Å². The van der Waals surface area contributed by atoms with Crippen molar-refractivity contribution in [1.29, 1.82) is 0 Å². The maximum atomic E-state index is 14.8. The minimum absolute atomic E-state index is 0.0130. The Kier molecular flexibility index (Phi) is 43.0. The van der Waals surface area contributed by atoms with E-state index < -0.39 is 66.1 Å². The molecule has 1 saturated heterocycles. The molecule has 0 unspecified atom stereocenters. The van der Waals surface area contributed by atoms with Crippen LogP contribution in [0.3, 0.4) is 0 Å². The molecule has 8 amide bonds. The molecule has 0 radical (unpaired) electrons. The number of benzene rings is 3. The number of ether oxygens (including phenoxy) is 10. The van der Waals surface area contributed by atoms with E-state index in [0.717, 1.165) is 33.5 Å². The van der Waals surface area contributed by atoms with Crippen molar-refractivity contribution in [2.45, 2.75) is 168 Å². The number of carbonyl (C=O) groups is 9. The summed E-state index contributed by atoms with van der Waals surface area (Å²) in [6.45, 7) is 19.6. The summed E-state index contributed by atoms with van der Waals surface area (Å²) in [6.07, 6.45) is 4.69. The lowest BCUT2D eigenvalue weighted by atomic mass is 9.89. The molecule has 2 aliphatic heterocycles. The van der Waals surface area contributed by atoms with Crippen molar-refractivity contribution in [2.24, 2.45) is 23.7 Å². The SMILES string of the molecule is CC[C@H](C)[C@@H]([C@@H](CC(=O)N1CCC[C@H]1[C@H](OC)[C@@H](C)C(=O)N[C@@H](Cc1ccccc1)C(=O)O)OC)N(C)C(=O)[C@@H](NC(=O)[C@H](C(C)C)N(C)C(=O)CCOCCOCCOCCOCCNC(=O)CCC(=O)N1Cc2ccccc2-c2nnn(CCOCCOCCOCCOCCNC(=O)CCc3ccncc3)c2-c2ccccc21)C(C)C. The molecular formula is C87H128N12O20. The fourth-order valence-corrected chi connectivity index (χ4v) is 14.8. The van der Waals surface area contributed by atoms with E-state index in [1.165, 1.54) is 19.1 Å². The van der Waals surface area contributed by atoms with Crippen LogP contribution in [0.15, 0.2) is 103 Å². The van der Waals surface area contributed by atoms with Crippen LogP contribution in [0, 0.1) is 23.7 Å². The van der Waals surface area contributed by atoms with Crippen molar-refractivity contribution in [3.8, 4) is 22.5 Å². The largest absolute Gasteiger partial charge is 0.480 e. The van der Waals surface area contributed by atoms with Gasteiger partial charge in [0.2, 0.25) is 47.3 Å². The van der Waals surface area contributed by atoms with Crippen LogP contribution in [-0.4, -0.2) is 289 Å². The molecule has 0 aliphatic carbocycles. The number of carboxylic acids is 1. The Labute approximate surface area is 700 Å². The molecule has 9 atom stereocenters. The molecule has 5 aromatic rings. The van der Waals surface area contributed by atoms with Crippen LogP contribution >= 0.6 is 0 Å².